The van der Waals surface area contributed by atoms with Crippen molar-refractivity contribution in [1.29, 1.82) is 0 Å². The van der Waals surface area contributed by atoms with Crippen LogP contribution in [0.4, 0.5) is 0 Å². The van der Waals surface area contributed by atoms with E-state index in [0.29, 0.717) is 16.8 Å². The number of ketones is 1. The van der Waals surface area contributed by atoms with E-state index in [0.717, 1.165) is 11.3 Å². The monoisotopic (exact) mass is 376 g/mol. The minimum atomic E-state index is -1.09. The molecule has 7 nitrogen and oxygen atoms in total. The number of benzene rings is 1. The highest BCUT2D eigenvalue weighted by atomic mass is 16.2. The van der Waals surface area contributed by atoms with E-state index >= 15 is 0 Å². The van der Waals surface area contributed by atoms with Crippen molar-refractivity contribution in [3.8, 4) is 11.3 Å². The lowest BCUT2D eigenvalue weighted by Gasteiger charge is -2.16. The van der Waals surface area contributed by atoms with Gasteiger partial charge in [0.05, 0.1) is 11.3 Å². The van der Waals surface area contributed by atoms with Gasteiger partial charge in [-0.05, 0) is 24.6 Å². The number of rotatable bonds is 7. The fourth-order valence-corrected chi connectivity index (χ4v) is 3.01. The molecule has 1 unspecified atom stereocenters. The van der Waals surface area contributed by atoms with Crippen LogP contribution in [-0.2, 0) is 16.0 Å². The van der Waals surface area contributed by atoms with E-state index in [2.05, 4.69) is 15.3 Å². The number of H-pyrrole nitrogens is 1. The van der Waals surface area contributed by atoms with Gasteiger partial charge in [-0.3, -0.25) is 19.4 Å². The van der Waals surface area contributed by atoms with Gasteiger partial charge in [0.2, 0.25) is 5.78 Å². The van der Waals surface area contributed by atoms with Gasteiger partial charge in [-0.2, -0.15) is 0 Å². The fraction of sp³-hybridized carbons (Fsp3) is 0.143. The Labute approximate surface area is 162 Å². The highest BCUT2D eigenvalue weighted by molar-refractivity contribution is 6.38. The molecule has 1 aromatic carbocycles. The van der Waals surface area contributed by atoms with Crippen molar-refractivity contribution in [1.82, 2.24) is 15.3 Å². The standard InChI is InChI=1S/C21H20N4O3/c1-13-18(16-9-5-6-10-23-16)15(12-24-13)21(28)25-17(19(26)20(22)27)11-14-7-3-2-4-8-14/h2-10,12,17,24H,11H2,1H3,(H2,22,27)(H,25,28). The number of aromatic nitrogens is 2. The van der Waals surface area contributed by atoms with Gasteiger partial charge in [-0.1, -0.05) is 36.4 Å². The molecule has 0 bridgehead atoms. The summed E-state index contributed by atoms with van der Waals surface area (Å²) < 4.78 is 0. The highest BCUT2D eigenvalue weighted by Gasteiger charge is 2.27. The predicted octanol–water partition coefficient (Wildman–Crippen LogP) is 1.78. The summed E-state index contributed by atoms with van der Waals surface area (Å²) in [6, 6.07) is 13.4. The lowest BCUT2D eigenvalue weighted by atomic mass is 10.0. The fourth-order valence-electron chi connectivity index (χ4n) is 3.01. The van der Waals surface area contributed by atoms with Crippen LogP contribution in [-0.4, -0.2) is 33.6 Å². The molecule has 28 heavy (non-hydrogen) atoms. The van der Waals surface area contributed by atoms with E-state index in [1.165, 1.54) is 0 Å². The molecule has 0 radical (unpaired) electrons. The smallest absolute Gasteiger partial charge is 0.287 e. The highest BCUT2D eigenvalue weighted by Crippen LogP contribution is 2.25. The van der Waals surface area contributed by atoms with Gasteiger partial charge in [0.25, 0.3) is 11.8 Å². The summed E-state index contributed by atoms with van der Waals surface area (Å²) in [4.78, 5) is 43.9. The van der Waals surface area contributed by atoms with Gasteiger partial charge in [0.15, 0.2) is 0 Å². The van der Waals surface area contributed by atoms with Crippen LogP contribution in [0.25, 0.3) is 11.3 Å². The zero-order chi connectivity index (χ0) is 20.1. The molecule has 0 saturated carbocycles. The quantitative estimate of drug-likeness (QED) is 0.545. The van der Waals surface area contributed by atoms with Gasteiger partial charge in [0, 0.05) is 30.1 Å². The Morgan fingerprint density at radius 3 is 2.46 bits per heavy atom. The molecule has 1 atom stereocenters. The Kier molecular flexibility index (Phi) is 5.64. The number of pyridine rings is 1. The maximum absolute atomic E-state index is 12.9. The molecular weight excluding hydrogens is 356 g/mol. The SMILES string of the molecule is Cc1[nH]cc(C(=O)NC(Cc2ccccc2)C(=O)C(N)=O)c1-c1ccccn1. The number of carbonyl (C=O) groups is 3. The number of aromatic amines is 1. The molecule has 0 aliphatic carbocycles. The maximum Gasteiger partial charge on any atom is 0.287 e. The third kappa shape index (κ3) is 4.15. The summed E-state index contributed by atoms with van der Waals surface area (Å²) in [7, 11) is 0. The van der Waals surface area contributed by atoms with Crippen LogP contribution < -0.4 is 11.1 Å². The molecule has 0 aliphatic rings. The number of aryl methyl sites for hydroxylation is 1. The molecule has 2 aromatic heterocycles. The summed E-state index contributed by atoms with van der Waals surface area (Å²) in [6.45, 7) is 1.83. The number of nitrogens with two attached hydrogens (primary N) is 1. The zero-order valence-corrected chi connectivity index (χ0v) is 15.3. The van der Waals surface area contributed by atoms with Crippen molar-refractivity contribution in [2.24, 2.45) is 5.73 Å². The average molecular weight is 376 g/mol. The van der Waals surface area contributed by atoms with Crippen LogP contribution >= 0.6 is 0 Å². The van der Waals surface area contributed by atoms with Gasteiger partial charge in [0.1, 0.15) is 6.04 Å². The number of hydrogen-bond acceptors (Lipinski definition) is 4. The molecule has 0 saturated heterocycles. The molecule has 3 rings (SSSR count). The van der Waals surface area contributed by atoms with Crippen LogP contribution in [0.3, 0.4) is 0 Å². The van der Waals surface area contributed by atoms with Crippen LogP contribution in [0.5, 0.6) is 0 Å². The second-order valence-corrected chi connectivity index (χ2v) is 6.36. The van der Waals surface area contributed by atoms with E-state index in [1.54, 1.807) is 24.5 Å². The molecular formula is C21H20N4O3. The topological polar surface area (TPSA) is 118 Å². The van der Waals surface area contributed by atoms with Crippen molar-refractivity contribution in [3.05, 3.63) is 77.7 Å². The molecule has 0 spiro atoms. The van der Waals surface area contributed by atoms with Gasteiger partial charge < -0.3 is 16.0 Å². The minimum Gasteiger partial charge on any atom is -0.364 e. The van der Waals surface area contributed by atoms with E-state index in [4.69, 9.17) is 5.73 Å². The first-order chi connectivity index (χ1) is 13.5. The first-order valence-electron chi connectivity index (χ1n) is 8.75. The van der Waals surface area contributed by atoms with Crippen molar-refractivity contribution < 1.29 is 14.4 Å². The Bertz CT molecular complexity index is 997. The zero-order valence-electron chi connectivity index (χ0n) is 15.3. The molecule has 2 amide bonds. The number of amides is 2. The second kappa shape index (κ2) is 8.30. The Morgan fingerprint density at radius 2 is 1.82 bits per heavy atom. The first-order valence-corrected chi connectivity index (χ1v) is 8.75. The molecule has 4 N–H and O–H groups in total. The summed E-state index contributed by atoms with van der Waals surface area (Å²) >= 11 is 0. The van der Waals surface area contributed by atoms with Gasteiger partial charge in [-0.25, -0.2) is 0 Å². The summed E-state index contributed by atoms with van der Waals surface area (Å²) in [5, 5.41) is 2.65. The molecule has 7 heteroatoms. The molecule has 0 aliphatic heterocycles. The second-order valence-electron chi connectivity index (χ2n) is 6.36. The molecule has 2 heterocycles. The predicted molar refractivity (Wildman–Crippen MR) is 104 cm³/mol. The van der Waals surface area contributed by atoms with E-state index in [1.807, 2.05) is 43.3 Å². The normalized spacial score (nSPS) is 11.6. The molecule has 142 valence electrons. The number of nitrogens with zero attached hydrogens (tertiary/aromatic N) is 1. The van der Waals surface area contributed by atoms with Gasteiger partial charge >= 0.3 is 0 Å². The number of primary amides is 1. The van der Waals surface area contributed by atoms with Crippen LogP contribution in [0.1, 0.15) is 21.6 Å². The maximum atomic E-state index is 12.9. The molecule has 3 aromatic rings. The lowest BCUT2D eigenvalue weighted by Crippen LogP contribution is -2.47. The van der Waals surface area contributed by atoms with Gasteiger partial charge in [-0.15, -0.1) is 0 Å². The Balaban J connectivity index is 1.89. The Morgan fingerprint density at radius 1 is 1.11 bits per heavy atom. The van der Waals surface area contributed by atoms with Crippen molar-refractivity contribution in [2.75, 3.05) is 0 Å². The first kappa shape index (κ1) is 19.0. The number of nitrogens with one attached hydrogen (secondary N) is 2. The van der Waals surface area contributed by atoms with Crippen molar-refractivity contribution >= 4 is 17.6 Å². The average Bonchev–Trinajstić information content (AvgIpc) is 3.09. The van der Waals surface area contributed by atoms with E-state index in [-0.39, 0.29) is 6.42 Å². The molecule has 0 fully saturated rings. The summed E-state index contributed by atoms with van der Waals surface area (Å²) in [6.07, 6.45) is 3.36. The van der Waals surface area contributed by atoms with Crippen molar-refractivity contribution in [3.63, 3.8) is 0 Å². The largest absolute Gasteiger partial charge is 0.364 e. The Hall–Kier alpha value is -3.74. The summed E-state index contributed by atoms with van der Waals surface area (Å²) in [5.41, 5.74) is 8.36. The minimum absolute atomic E-state index is 0.163. The van der Waals surface area contributed by atoms with E-state index < -0.39 is 23.6 Å². The van der Waals surface area contributed by atoms with Crippen molar-refractivity contribution in [2.45, 2.75) is 19.4 Å². The van der Waals surface area contributed by atoms with E-state index in [9.17, 15) is 14.4 Å². The number of hydrogen-bond donors (Lipinski definition) is 3. The lowest BCUT2D eigenvalue weighted by molar-refractivity contribution is -0.137. The third-order valence-corrected chi connectivity index (χ3v) is 4.39. The third-order valence-electron chi connectivity index (χ3n) is 4.39. The number of Topliss-reactive ketones (excluding diaryl/α,β-unsaturated/α-hetero) is 1. The summed E-state index contributed by atoms with van der Waals surface area (Å²) in [5.74, 6) is -2.42. The van der Waals surface area contributed by atoms with Crippen LogP contribution in [0.15, 0.2) is 60.9 Å². The number of carbonyl (C=O) groups excluding carboxylic acids is 3. The van der Waals surface area contributed by atoms with Crippen LogP contribution in [0.2, 0.25) is 0 Å². The van der Waals surface area contributed by atoms with Crippen LogP contribution in [0, 0.1) is 6.92 Å².